The van der Waals surface area contributed by atoms with E-state index in [0.717, 1.165) is 0 Å². The van der Waals surface area contributed by atoms with Crippen molar-refractivity contribution in [1.82, 2.24) is 15.0 Å². The Labute approximate surface area is 103 Å². The minimum Gasteiger partial charge on any atom is -0.336 e. The molecule has 0 fully saturated rings. The van der Waals surface area contributed by atoms with Gasteiger partial charge in [0, 0.05) is 30.0 Å². The molecule has 6 heteroatoms. The van der Waals surface area contributed by atoms with Crippen molar-refractivity contribution >= 4 is 11.6 Å². The molecule has 90 valence electrons. The number of imidazole rings is 1. The molecule has 3 N–H and O–H groups in total. The van der Waals surface area contributed by atoms with Crippen LogP contribution >= 0.6 is 11.6 Å². The monoisotopic (exact) mass is 254 g/mol. The highest BCUT2D eigenvalue weighted by Gasteiger charge is 2.20. The zero-order valence-corrected chi connectivity index (χ0v) is 9.95. The molecule has 1 aromatic carbocycles. The Morgan fingerprint density at radius 2 is 2.29 bits per heavy atom. The van der Waals surface area contributed by atoms with E-state index in [9.17, 15) is 4.39 Å². The van der Waals surface area contributed by atoms with Crippen molar-refractivity contribution in [3.05, 3.63) is 52.8 Å². The lowest BCUT2D eigenvalue weighted by Crippen LogP contribution is -2.31. The van der Waals surface area contributed by atoms with E-state index in [-0.39, 0.29) is 0 Å². The van der Waals surface area contributed by atoms with Crippen LogP contribution in [0.1, 0.15) is 17.4 Å². The van der Waals surface area contributed by atoms with Crippen LogP contribution in [0.5, 0.6) is 0 Å². The topological polar surface area (TPSA) is 55.9 Å². The van der Waals surface area contributed by atoms with Gasteiger partial charge in [0.1, 0.15) is 17.7 Å². The summed E-state index contributed by atoms with van der Waals surface area (Å²) < 4.78 is 15.6. The van der Waals surface area contributed by atoms with Gasteiger partial charge in [-0.15, -0.1) is 0 Å². The number of nitrogens with one attached hydrogen (secondary N) is 1. The van der Waals surface area contributed by atoms with Gasteiger partial charge in [-0.3, -0.25) is 5.84 Å². The van der Waals surface area contributed by atoms with Crippen molar-refractivity contribution in [3.8, 4) is 0 Å². The zero-order chi connectivity index (χ0) is 12.4. The summed E-state index contributed by atoms with van der Waals surface area (Å²) in [6, 6.07) is 3.96. The van der Waals surface area contributed by atoms with Crippen LogP contribution in [0.3, 0.4) is 0 Å². The third-order valence-electron chi connectivity index (χ3n) is 2.56. The first-order valence-corrected chi connectivity index (χ1v) is 5.39. The molecule has 0 saturated heterocycles. The fourth-order valence-corrected chi connectivity index (χ4v) is 1.85. The van der Waals surface area contributed by atoms with Gasteiger partial charge in [-0.2, -0.15) is 0 Å². The number of hydrogen-bond acceptors (Lipinski definition) is 3. The molecular weight excluding hydrogens is 243 g/mol. The van der Waals surface area contributed by atoms with Gasteiger partial charge < -0.3 is 4.57 Å². The van der Waals surface area contributed by atoms with Crippen LogP contribution in [0.4, 0.5) is 4.39 Å². The quantitative estimate of drug-likeness (QED) is 0.648. The standard InChI is InChI=1S/C11H12ClFN4/c1-17-5-4-15-11(17)10(16-14)8-3-2-7(12)6-9(8)13/h2-6,10,16H,14H2,1H3. The summed E-state index contributed by atoms with van der Waals surface area (Å²) in [6.45, 7) is 0. The molecule has 4 nitrogen and oxygen atoms in total. The van der Waals surface area contributed by atoms with Crippen molar-refractivity contribution in [1.29, 1.82) is 0 Å². The second-order valence-electron chi connectivity index (χ2n) is 3.66. The van der Waals surface area contributed by atoms with Gasteiger partial charge in [-0.05, 0) is 12.1 Å². The summed E-state index contributed by atoms with van der Waals surface area (Å²) in [6.07, 6.45) is 3.40. The van der Waals surface area contributed by atoms with Crippen molar-refractivity contribution in [3.63, 3.8) is 0 Å². The van der Waals surface area contributed by atoms with E-state index in [1.165, 1.54) is 6.07 Å². The number of benzene rings is 1. The number of halogens is 2. The van der Waals surface area contributed by atoms with Crippen LogP contribution in [0.15, 0.2) is 30.6 Å². The summed E-state index contributed by atoms with van der Waals surface area (Å²) in [5, 5.41) is 0.349. The van der Waals surface area contributed by atoms with Crippen LogP contribution in [0, 0.1) is 5.82 Å². The first-order valence-electron chi connectivity index (χ1n) is 5.01. The molecule has 1 aromatic heterocycles. The molecule has 0 amide bonds. The summed E-state index contributed by atoms with van der Waals surface area (Å²) in [7, 11) is 1.82. The Hall–Kier alpha value is -1.43. The fraction of sp³-hybridized carbons (Fsp3) is 0.182. The third kappa shape index (κ3) is 2.31. The maximum absolute atomic E-state index is 13.8. The molecular formula is C11H12ClFN4. The highest BCUT2D eigenvalue weighted by molar-refractivity contribution is 6.30. The lowest BCUT2D eigenvalue weighted by atomic mass is 10.1. The average molecular weight is 255 g/mol. The number of hydrogen-bond donors (Lipinski definition) is 2. The van der Waals surface area contributed by atoms with Crippen LogP contribution < -0.4 is 11.3 Å². The van der Waals surface area contributed by atoms with Gasteiger partial charge >= 0.3 is 0 Å². The van der Waals surface area contributed by atoms with E-state index >= 15 is 0 Å². The largest absolute Gasteiger partial charge is 0.336 e. The van der Waals surface area contributed by atoms with Gasteiger partial charge in [0.15, 0.2) is 0 Å². The highest BCUT2D eigenvalue weighted by Crippen LogP contribution is 2.24. The first-order chi connectivity index (χ1) is 8.13. The first kappa shape index (κ1) is 12.0. The number of aromatic nitrogens is 2. The number of nitrogens with zero attached hydrogens (tertiary/aromatic N) is 2. The average Bonchev–Trinajstić information content (AvgIpc) is 2.69. The van der Waals surface area contributed by atoms with E-state index in [1.807, 2.05) is 7.05 Å². The SMILES string of the molecule is Cn1ccnc1C(NN)c1ccc(Cl)cc1F. The Bertz CT molecular complexity index is 526. The lowest BCUT2D eigenvalue weighted by molar-refractivity contribution is 0.533. The number of aryl methyl sites for hydroxylation is 1. The van der Waals surface area contributed by atoms with Crippen molar-refractivity contribution in [2.45, 2.75) is 6.04 Å². The highest BCUT2D eigenvalue weighted by atomic mass is 35.5. The van der Waals surface area contributed by atoms with E-state index < -0.39 is 11.9 Å². The second-order valence-corrected chi connectivity index (χ2v) is 4.10. The lowest BCUT2D eigenvalue weighted by Gasteiger charge is -2.16. The van der Waals surface area contributed by atoms with E-state index in [4.69, 9.17) is 17.4 Å². The van der Waals surface area contributed by atoms with Crippen LogP contribution in [0.25, 0.3) is 0 Å². The maximum atomic E-state index is 13.8. The molecule has 0 saturated carbocycles. The molecule has 1 atom stereocenters. The van der Waals surface area contributed by atoms with Gasteiger partial charge in [-0.1, -0.05) is 17.7 Å². The Balaban J connectivity index is 2.46. The Morgan fingerprint density at radius 1 is 1.53 bits per heavy atom. The normalized spacial score (nSPS) is 12.7. The molecule has 17 heavy (non-hydrogen) atoms. The molecule has 1 unspecified atom stereocenters. The number of nitrogens with two attached hydrogens (primary N) is 1. The predicted octanol–water partition coefficient (Wildman–Crippen LogP) is 1.77. The summed E-state index contributed by atoms with van der Waals surface area (Å²) in [4.78, 5) is 4.15. The van der Waals surface area contributed by atoms with Crippen molar-refractivity contribution in [2.75, 3.05) is 0 Å². The molecule has 0 aliphatic rings. The minimum absolute atomic E-state index is 0.349. The molecule has 2 rings (SSSR count). The van der Waals surface area contributed by atoms with Crippen LogP contribution in [-0.2, 0) is 7.05 Å². The van der Waals surface area contributed by atoms with E-state index in [0.29, 0.717) is 16.4 Å². The molecule has 0 spiro atoms. The maximum Gasteiger partial charge on any atom is 0.131 e. The van der Waals surface area contributed by atoms with Crippen LogP contribution in [-0.4, -0.2) is 9.55 Å². The fourth-order valence-electron chi connectivity index (χ4n) is 1.69. The third-order valence-corrected chi connectivity index (χ3v) is 2.79. The molecule has 0 radical (unpaired) electrons. The van der Waals surface area contributed by atoms with Gasteiger partial charge in [0.05, 0.1) is 0 Å². The zero-order valence-electron chi connectivity index (χ0n) is 9.19. The molecule has 0 aliphatic carbocycles. The van der Waals surface area contributed by atoms with Crippen molar-refractivity contribution < 1.29 is 4.39 Å². The number of hydrazine groups is 1. The molecule has 1 heterocycles. The van der Waals surface area contributed by atoms with E-state index in [1.54, 1.807) is 29.1 Å². The Kier molecular flexibility index (Phi) is 3.42. The van der Waals surface area contributed by atoms with E-state index in [2.05, 4.69) is 10.4 Å². The molecule has 0 bridgehead atoms. The predicted molar refractivity (Wildman–Crippen MR) is 63.8 cm³/mol. The summed E-state index contributed by atoms with van der Waals surface area (Å²) in [5.41, 5.74) is 2.96. The summed E-state index contributed by atoms with van der Waals surface area (Å²) in [5.74, 6) is 5.69. The smallest absolute Gasteiger partial charge is 0.131 e. The van der Waals surface area contributed by atoms with Crippen LogP contribution in [0.2, 0.25) is 5.02 Å². The summed E-state index contributed by atoms with van der Waals surface area (Å²) >= 11 is 5.71. The minimum atomic E-state index is -0.507. The van der Waals surface area contributed by atoms with Gasteiger partial charge in [0.25, 0.3) is 0 Å². The number of rotatable bonds is 3. The molecule has 2 aromatic rings. The second kappa shape index (κ2) is 4.83. The molecule has 0 aliphatic heterocycles. The van der Waals surface area contributed by atoms with Gasteiger partial charge in [0.2, 0.25) is 0 Å². The van der Waals surface area contributed by atoms with Gasteiger partial charge in [-0.25, -0.2) is 14.8 Å². The van der Waals surface area contributed by atoms with Crippen molar-refractivity contribution in [2.24, 2.45) is 12.9 Å². The Morgan fingerprint density at radius 3 is 2.82 bits per heavy atom.